The van der Waals surface area contributed by atoms with Crippen molar-refractivity contribution in [3.63, 3.8) is 0 Å². The maximum Gasteiger partial charge on any atom is 0.315 e. The van der Waals surface area contributed by atoms with Crippen molar-refractivity contribution in [2.75, 3.05) is 18.4 Å². The predicted molar refractivity (Wildman–Crippen MR) is 81.1 cm³/mol. The summed E-state index contributed by atoms with van der Waals surface area (Å²) in [5.74, 6) is 0.0683. The van der Waals surface area contributed by atoms with E-state index in [1.807, 2.05) is 20.8 Å². The first-order valence-electron chi connectivity index (χ1n) is 6.46. The minimum absolute atomic E-state index is 0.0874. The quantitative estimate of drug-likeness (QED) is 0.781. The Kier molecular flexibility index (Phi) is 6.31. The van der Waals surface area contributed by atoms with Gasteiger partial charge in [-0.25, -0.2) is 4.79 Å². The summed E-state index contributed by atoms with van der Waals surface area (Å²) in [4.78, 5) is 23.1. The Bertz CT molecular complexity index is 489. The molecule has 0 saturated carbocycles. The van der Waals surface area contributed by atoms with Gasteiger partial charge in [0, 0.05) is 17.3 Å². The molecule has 20 heavy (non-hydrogen) atoms. The van der Waals surface area contributed by atoms with Crippen LogP contribution in [0, 0.1) is 12.8 Å². The number of amides is 3. The highest BCUT2D eigenvalue weighted by Crippen LogP contribution is 2.22. The van der Waals surface area contributed by atoms with Crippen LogP contribution in [0.2, 0.25) is 5.02 Å². The Labute approximate surface area is 124 Å². The number of hydrogen-bond donors (Lipinski definition) is 3. The summed E-state index contributed by atoms with van der Waals surface area (Å²) in [6.45, 7) is 6.29. The molecular weight excluding hydrogens is 278 g/mol. The fourth-order valence-electron chi connectivity index (χ4n) is 1.46. The summed E-state index contributed by atoms with van der Waals surface area (Å²) >= 11 is 5.96. The largest absolute Gasteiger partial charge is 0.338 e. The molecular formula is C14H20ClN3O2. The molecule has 0 saturated heterocycles. The standard InChI is InChI=1S/C14H20ClN3O2/c1-9(2)7-16-14(20)17-8-13(19)18-12-6-4-5-11(15)10(12)3/h4-6,9H,7-8H2,1-3H3,(H,18,19)(H2,16,17,20). The summed E-state index contributed by atoms with van der Waals surface area (Å²) < 4.78 is 0. The van der Waals surface area contributed by atoms with Crippen molar-refractivity contribution < 1.29 is 9.59 Å². The van der Waals surface area contributed by atoms with Crippen molar-refractivity contribution in [1.82, 2.24) is 10.6 Å². The van der Waals surface area contributed by atoms with Crippen LogP contribution >= 0.6 is 11.6 Å². The fourth-order valence-corrected chi connectivity index (χ4v) is 1.63. The second-order valence-corrected chi connectivity index (χ2v) is 5.33. The Morgan fingerprint density at radius 1 is 1.25 bits per heavy atom. The molecule has 3 N–H and O–H groups in total. The third-order valence-corrected chi connectivity index (χ3v) is 3.03. The molecule has 6 heteroatoms. The number of carbonyl (C=O) groups excluding carboxylic acids is 2. The molecule has 1 rings (SSSR count). The van der Waals surface area contributed by atoms with E-state index in [2.05, 4.69) is 16.0 Å². The zero-order valence-corrected chi connectivity index (χ0v) is 12.7. The van der Waals surface area contributed by atoms with Crippen LogP contribution < -0.4 is 16.0 Å². The van der Waals surface area contributed by atoms with Crippen molar-refractivity contribution in [3.05, 3.63) is 28.8 Å². The summed E-state index contributed by atoms with van der Waals surface area (Å²) in [5, 5.41) is 8.46. The van der Waals surface area contributed by atoms with Crippen LogP contribution in [-0.4, -0.2) is 25.0 Å². The number of rotatable bonds is 5. The SMILES string of the molecule is Cc1c(Cl)cccc1NC(=O)CNC(=O)NCC(C)C. The van der Waals surface area contributed by atoms with Crippen LogP contribution in [-0.2, 0) is 4.79 Å². The number of benzene rings is 1. The van der Waals surface area contributed by atoms with Crippen molar-refractivity contribution >= 4 is 29.2 Å². The van der Waals surface area contributed by atoms with Crippen molar-refractivity contribution in [2.45, 2.75) is 20.8 Å². The van der Waals surface area contributed by atoms with Crippen molar-refractivity contribution in [2.24, 2.45) is 5.92 Å². The van der Waals surface area contributed by atoms with Crippen LogP contribution in [0.3, 0.4) is 0 Å². The Balaban J connectivity index is 2.40. The van der Waals surface area contributed by atoms with Gasteiger partial charge in [-0.15, -0.1) is 0 Å². The molecule has 0 bridgehead atoms. The van der Waals surface area contributed by atoms with E-state index in [0.29, 0.717) is 23.2 Å². The van der Waals surface area contributed by atoms with Crippen LogP contribution in [0.5, 0.6) is 0 Å². The molecule has 1 aromatic rings. The molecule has 0 fully saturated rings. The highest BCUT2D eigenvalue weighted by molar-refractivity contribution is 6.31. The molecule has 0 aliphatic carbocycles. The third kappa shape index (κ3) is 5.48. The molecule has 3 amide bonds. The molecule has 110 valence electrons. The molecule has 0 spiro atoms. The maximum absolute atomic E-state index is 11.7. The van der Waals surface area contributed by atoms with E-state index in [0.717, 1.165) is 5.56 Å². The topological polar surface area (TPSA) is 70.2 Å². The van der Waals surface area contributed by atoms with Gasteiger partial charge in [-0.2, -0.15) is 0 Å². The van der Waals surface area contributed by atoms with E-state index in [9.17, 15) is 9.59 Å². The van der Waals surface area contributed by atoms with Gasteiger partial charge in [0.05, 0.1) is 6.54 Å². The third-order valence-electron chi connectivity index (χ3n) is 2.62. The Morgan fingerprint density at radius 2 is 1.95 bits per heavy atom. The lowest BCUT2D eigenvalue weighted by Gasteiger charge is -2.11. The molecule has 0 radical (unpaired) electrons. The number of carbonyl (C=O) groups is 2. The van der Waals surface area contributed by atoms with Crippen LogP contribution in [0.15, 0.2) is 18.2 Å². The number of nitrogens with one attached hydrogen (secondary N) is 3. The Morgan fingerprint density at radius 3 is 2.60 bits per heavy atom. The molecule has 1 aromatic carbocycles. The monoisotopic (exact) mass is 297 g/mol. The van der Waals surface area contributed by atoms with Gasteiger partial charge in [0.15, 0.2) is 0 Å². The second kappa shape index (κ2) is 7.75. The van der Waals surface area contributed by atoms with E-state index in [1.54, 1.807) is 18.2 Å². The van der Waals surface area contributed by atoms with E-state index >= 15 is 0 Å². The second-order valence-electron chi connectivity index (χ2n) is 4.92. The first-order valence-corrected chi connectivity index (χ1v) is 6.84. The summed E-state index contributed by atoms with van der Waals surface area (Å²) in [6.07, 6.45) is 0. The summed E-state index contributed by atoms with van der Waals surface area (Å²) in [6, 6.07) is 4.92. The molecule has 0 atom stereocenters. The minimum Gasteiger partial charge on any atom is -0.338 e. The van der Waals surface area contributed by atoms with E-state index in [-0.39, 0.29) is 18.5 Å². The lowest BCUT2D eigenvalue weighted by Crippen LogP contribution is -2.41. The number of halogens is 1. The lowest BCUT2D eigenvalue weighted by molar-refractivity contribution is -0.115. The zero-order valence-electron chi connectivity index (χ0n) is 11.9. The van der Waals surface area contributed by atoms with Crippen LogP contribution in [0.1, 0.15) is 19.4 Å². The summed E-state index contributed by atoms with van der Waals surface area (Å²) in [7, 11) is 0. The molecule has 0 aromatic heterocycles. The lowest BCUT2D eigenvalue weighted by atomic mass is 10.2. The van der Waals surface area contributed by atoms with E-state index in [4.69, 9.17) is 11.6 Å². The average Bonchev–Trinajstić information content (AvgIpc) is 2.39. The predicted octanol–water partition coefficient (Wildman–Crippen LogP) is 2.54. The van der Waals surface area contributed by atoms with Gasteiger partial charge in [0.25, 0.3) is 0 Å². The van der Waals surface area contributed by atoms with Gasteiger partial charge in [-0.05, 0) is 30.5 Å². The number of anilines is 1. The zero-order chi connectivity index (χ0) is 15.1. The molecule has 0 heterocycles. The maximum atomic E-state index is 11.7. The normalized spacial score (nSPS) is 10.2. The highest BCUT2D eigenvalue weighted by atomic mass is 35.5. The van der Waals surface area contributed by atoms with Crippen LogP contribution in [0.25, 0.3) is 0 Å². The van der Waals surface area contributed by atoms with Gasteiger partial charge in [0.2, 0.25) is 5.91 Å². The first kappa shape index (κ1) is 16.3. The summed E-state index contributed by atoms with van der Waals surface area (Å²) in [5.41, 5.74) is 1.44. The molecule has 0 unspecified atom stereocenters. The smallest absolute Gasteiger partial charge is 0.315 e. The average molecular weight is 298 g/mol. The van der Waals surface area contributed by atoms with Gasteiger partial charge >= 0.3 is 6.03 Å². The fraction of sp³-hybridized carbons (Fsp3) is 0.429. The molecule has 5 nitrogen and oxygen atoms in total. The van der Waals surface area contributed by atoms with Gasteiger partial charge in [0.1, 0.15) is 0 Å². The van der Waals surface area contributed by atoms with Crippen molar-refractivity contribution in [3.8, 4) is 0 Å². The number of urea groups is 1. The van der Waals surface area contributed by atoms with Gasteiger partial charge < -0.3 is 16.0 Å². The Hall–Kier alpha value is -1.75. The van der Waals surface area contributed by atoms with Gasteiger partial charge in [-0.3, -0.25) is 4.79 Å². The number of hydrogen-bond acceptors (Lipinski definition) is 2. The molecule has 0 aliphatic heterocycles. The van der Waals surface area contributed by atoms with E-state index in [1.165, 1.54) is 0 Å². The first-order chi connectivity index (χ1) is 9.40. The van der Waals surface area contributed by atoms with Gasteiger partial charge in [-0.1, -0.05) is 31.5 Å². The molecule has 0 aliphatic rings. The highest BCUT2D eigenvalue weighted by Gasteiger charge is 2.08. The minimum atomic E-state index is -0.350. The van der Waals surface area contributed by atoms with Crippen molar-refractivity contribution in [1.29, 1.82) is 0 Å². The van der Waals surface area contributed by atoms with E-state index < -0.39 is 0 Å². The van der Waals surface area contributed by atoms with Crippen LogP contribution in [0.4, 0.5) is 10.5 Å².